The van der Waals surface area contributed by atoms with E-state index in [2.05, 4.69) is 4.74 Å². The topological polar surface area (TPSA) is 46.6 Å². The normalized spacial score (nSPS) is 14.6. The molecule has 1 aliphatic rings. The minimum atomic E-state index is -5.19. The Balaban J connectivity index is 2.11. The fraction of sp³-hybridized carbons (Fsp3) is 0.125. The molecule has 0 radical (unpaired) electrons. The van der Waals surface area contributed by atoms with Crippen molar-refractivity contribution in [2.24, 2.45) is 0 Å². The second kappa shape index (κ2) is 5.75. The Morgan fingerprint density at radius 2 is 1.35 bits per heavy atom. The summed E-state index contributed by atoms with van der Waals surface area (Å²) < 4.78 is 80.2. The quantitative estimate of drug-likeness (QED) is 0.577. The first-order chi connectivity index (χ1) is 12.0. The number of carbonyl (C=O) groups excluding carboxylic acids is 2. The van der Waals surface area contributed by atoms with E-state index in [0.29, 0.717) is 12.1 Å². The average molecular weight is 375 g/mol. The Morgan fingerprint density at radius 3 is 1.81 bits per heavy atom. The molecule has 0 atom stereocenters. The van der Waals surface area contributed by atoms with Crippen molar-refractivity contribution in [2.45, 2.75) is 12.5 Å². The van der Waals surface area contributed by atoms with Crippen LogP contribution in [0, 0.1) is 0 Å². The zero-order valence-electron chi connectivity index (χ0n) is 12.5. The third-order valence-corrected chi connectivity index (χ3v) is 3.54. The largest absolute Gasteiger partial charge is 0.573 e. The lowest BCUT2D eigenvalue weighted by molar-refractivity contribution is -0.274. The SMILES string of the molecule is O=C1c2ccccc2C(=O)N1c1ccc(OC(F)(F)F)cc1C(F)(F)F. The van der Waals surface area contributed by atoms with E-state index in [9.17, 15) is 35.9 Å². The highest BCUT2D eigenvalue weighted by molar-refractivity contribution is 6.34. The summed E-state index contributed by atoms with van der Waals surface area (Å²) in [5.41, 5.74) is -2.67. The van der Waals surface area contributed by atoms with Crippen LogP contribution in [0.1, 0.15) is 26.3 Å². The van der Waals surface area contributed by atoms with E-state index in [1.165, 1.54) is 24.3 Å². The number of fused-ring (bicyclic) bond motifs is 1. The van der Waals surface area contributed by atoms with E-state index in [1.807, 2.05) is 0 Å². The highest BCUT2D eigenvalue weighted by atomic mass is 19.4. The van der Waals surface area contributed by atoms with Gasteiger partial charge in [0.2, 0.25) is 0 Å². The highest BCUT2D eigenvalue weighted by Crippen LogP contribution is 2.42. The van der Waals surface area contributed by atoms with Gasteiger partial charge in [-0.25, -0.2) is 4.90 Å². The molecule has 0 bridgehead atoms. The number of ether oxygens (including phenoxy) is 1. The molecule has 1 heterocycles. The molecule has 0 N–H and O–H groups in total. The molecule has 0 aliphatic carbocycles. The van der Waals surface area contributed by atoms with Crippen molar-refractivity contribution in [3.8, 4) is 5.75 Å². The van der Waals surface area contributed by atoms with Crippen molar-refractivity contribution < 1.29 is 40.7 Å². The Hall–Kier alpha value is -3.04. The van der Waals surface area contributed by atoms with Crippen molar-refractivity contribution in [1.29, 1.82) is 0 Å². The molecule has 1 aliphatic heterocycles. The summed E-state index contributed by atoms with van der Waals surface area (Å²) in [6, 6.07) is 6.67. The fourth-order valence-corrected chi connectivity index (χ4v) is 2.54. The molecule has 0 fully saturated rings. The Labute approximate surface area is 141 Å². The second-order valence-electron chi connectivity index (χ2n) is 5.22. The van der Waals surface area contributed by atoms with Crippen LogP contribution in [-0.4, -0.2) is 18.2 Å². The summed E-state index contributed by atoms with van der Waals surface area (Å²) >= 11 is 0. The van der Waals surface area contributed by atoms with Gasteiger partial charge in [-0.05, 0) is 30.3 Å². The summed E-state index contributed by atoms with van der Waals surface area (Å²) in [7, 11) is 0. The predicted molar refractivity (Wildman–Crippen MR) is 75.7 cm³/mol. The van der Waals surface area contributed by atoms with Crippen LogP contribution in [0.2, 0.25) is 0 Å². The molecular formula is C16H7F6NO3. The van der Waals surface area contributed by atoms with Gasteiger partial charge in [0.1, 0.15) is 5.75 Å². The minimum absolute atomic E-state index is 0.0897. The average Bonchev–Trinajstić information content (AvgIpc) is 2.77. The Bertz CT molecular complexity index is 869. The number of rotatable bonds is 2. The molecule has 0 aromatic heterocycles. The Morgan fingerprint density at radius 1 is 0.808 bits per heavy atom. The summed E-state index contributed by atoms with van der Waals surface area (Å²) in [4.78, 5) is 24.9. The van der Waals surface area contributed by atoms with Crippen molar-refractivity contribution in [3.63, 3.8) is 0 Å². The van der Waals surface area contributed by atoms with Crippen LogP contribution in [0.4, 0.5) is 32.0 Å². The first-order valence-corrected chi connectivity index (χ1v) is 6.94. The predicted octanol–water partition coefficient (Wildman–Crippen LogP) is 4.40. The van der Waals surface area contributed by atoms with Crippen LogP contribution < -0.4 is 9.64 Å². The molecule has 2 aromatic carbocycles. The molecule has 2 aromatic rings. The van der Waals surface area contributed by atoms with Crippen LogP contribution in [0.3, 0.4) is 0 Å². The number of nitrogens with zero attached hydrogens (tertiary/aromatic N) is 1. The van der Waals surface area contributed by atoms with Crippen LogP contribution in [0.25, 0.3) is 0 Å². The molecule has 0 saturated heterocycles. The molecule has 3 rings (SSSR count). The molecule has 136 valence electrons. The van der Waals surface area contributed by atoms with Gasteiger partial charge in [0, 0.05) is 0 Å². The maximum Gasteiger partial charge on any atom is 0.573 e. The van der Waals surface area contributed by atoms with E-state index >= 15 is 0 Å². The van der Waals surface area contributed by atoms with Gasteiger partial charge < -0.3 is 4.74 Å². The van der Waals surface area contributed by atoms with Crippen molar-refractivity contribution in [2.75, 3.05) is 4.90 Å². The van der Waals surface area contributed by atoms with Crippen molar-refractivity contribution in [3.05, 3.63) is 59.2 Å². The monoisotopic (exact) mass is 375 g/mol. The lowest BCUT2D eigenvalue weighted by atomic mass is 10.1. The number of alkyl halides is 6. The molecule has 0 unspecified atom stereocenters. The molecule has 0 spiro atoms. The lowest BCUT2D eigenvalue weighted by Gasteiger charge is -2.21. The third-order valence-electron chi connectivity index (χ3n) is 3.54. The van der Waals surface area contributed by atoms with Crippen LogP contribution in [0.5, 0.6) is 5.75 Å². The molecule has 0 saturated carbocycles. The lowest BCUT2D eigenvalue weighted by Crippen LogP contribution is -2.31. The van der Waals surface area contributed by atoms with Crippen LogP contribution >= 0.6 is 0 Å². The number of anilines is 1. The second-order valence-corrected chi connectivity index (χ2v) is 5.22. The molecule has 10 heteroatoms. The number of amides is 2. The number of hydrogen-bond acceptors (Lipinski definition) is 3. The zero-order valence-corrected chi connectivity index (χ0v) is 12.5. The third kappa shape index (κ3) is 3.09. The smallest absolute Gasteiger partial charge is 0.406 e. The van der Waals surface area contributed by atoms with Crippen molar-refractivity contribution in [1.82, 2.24) is 0 Å². The van der Waals surface area contributed by atoms with Gasteiger partial charge >= 0.3 is 12.5 Å². The summed E-state index contributed by atoms with van der Waals surface area (Å²) in [6.07, 6.45) is -10.3. The minimum Gasteiger partial charge on any atom is -0.406 e. The molecule has 26 heavy (non-hydrogen) atoms. The van der Waals surface area contributed by atoms with Gasteiger partial charge in [-0.3, -0.25) is 9.59 Å². The van der Waals surface area contributed by atoms with Crippen LogP contribution in [-0.2, 0) is 6.18 Å². The maximum atomic E-state index is 13.3. The van der Waals surface area contributed by atoms with E-state index in [0.717, 1.165) is 0 Å². The maximum absolute atomic E-state index is 13.3. The van der Waals surface area contributed by atoms with Crippen molar-refractivity contribution >= 4 is 17.5 Å². The first kappa shape index (κ1) is 17.8. The van der Waals surface area contributed by atoms with Gasteiger partial charge in [-0.15, -0.1) is 13.2 Å². The van der Waals surface area contributed by atoms with Gasteiger partial charge in [-0.2, -0.15) is 13.2 Å². The number of imide groups is 1. The number of carbonyl (C=O) groups is 2. The van der Waals surface area contributed by atoms with Gasteiger partial charge in [-0.1, -0.05) is 12.1 Å². The Kier molecular flexibility index (Phi) is 3.93. The van der Waals surface area contributed by atoms with E-state index in [-0.39, 0.29) is 22.1 Å². The fourth-order valence-electron chi connectivity index (χ4n) is 2.54. The summed E-state index contributed by atoms with van der Waals surface area (Å²) in [6.45, 7) is 0. The number of hydrogen-bond donors (Lipinski definition) is 0. The number of benzene rings is 2. The van der Waals surface area contributed by atoms with Gasteiger partial charge in [0.25, 0.3) is 11.8 Å². The standard InChI is InChI=1S/C16H7F6NO3/c17-15(18,19)11-7-8(26-16(20,21)22)5-6-12(11)23-13(24)9-3-1-2-4-10(9)14(23)25/h1-7H. The van der Waals surface area contributed by atoms with E-state index < -0.39 is 41.4 Å². The summed E-state index contributed by atoms with van der Waals surface area (Å²) in [5, 5.41) is 0. The summed E-state index contributed by atoms with van der Waals surface area (Å²) in [5.74, 6) is -3.12. The van der Waals surface area contributed by atoms with Crippen LogP contribution in [0.15, 0.2) is 42.5 Å². The van der Waals surface area contributed by atoms with Gasteiger partial charge in [0.05, 0.1) is 22.4 Å². The molecule has 4 nitrogen and oxygen atoms in total. The molecule has 2 amide bonds. The van der Waals surface area contributed by atoms with Gasteiger partial charge in [0.15, 0.2) is 0 Å². The number of halogens is 6. The highest BCUT2D eigenvalue weighted by Gasteiger charge is 2.43. The zero-order chi connectivity index (χ0) is 19.3. The van der Waals surface area contributed by atoms with E-state index in [4.69, 9.17) is 0 Å². The van der Waals surface area contributed by atoms with E-state index in [1.54, 1.807) is 0 Å². The first-order valence-electron chi connectivity index (χ1n) is 6.94. The molecular weight excluding hydrogens is 368 g/mol.